The molecule has 1 N–H and O–H groups in total. The second-order valence-electron chi connectivity index (χ2n) is 4.39. The van der Waals surface area contributed by atoms with Gasteiger partial charge in [0.05, 0.1) is 16.0 Å². The van der Waals surface area contributed by atoms with E-state index in [1.807, 2.05) is 11.4 Å². The predicted octanol–water partition coefficient (Wildman–Crippen LogP) is 3.66. The molecule has 0 bridgehead atoms. The van der Waals surface area contributed by atoms with Crippen LogP contribution in [0.2, 0.25) is 0 Å². The van der Waals surface area contributed by atoms with Crippen LogP contribution in [-0.2, 0) is 7.05 Å². The quantitative estimate of drug-likeness (QED) is 0.732. The summed E-state index contributed by atoms with van der Waals surface area (Å²) in [6.45, 7) is 0. The molecule has 3 rings (SSSR count). The molecular weight excluding hydrogens is 316 g/mol. The number of aromatic amines is 1. The summed E-state index contributed by atoms with van der Waals surface area (Å²) >= 11 is 6.39. The molecule has 0 atom stereocenters. The summed E-state index contributed by atoms with van der Waals surface area (Å²) in [7, 11) is 1.58. The van der Waals surface area contributed by atoms with Crippen molar-refractivity contribution in [2.24, 2.45) is 7.05 Å². The number of H-pyrrole nitrogens is 1. The first-order chi connectivity index (χ1) is 9.99. The average molecular weight is 325 g/mol. The van der Waals surface area contributed by atoms with Gasteiger partial charge in [0.15, 0.2) is 4.77 Å². The summed E-state index contributed by atoms with van der Waals surface area (Å²) < 4.78 is 28.2. The first-order valence-electron chi connectivity index (χ1n) is 5.95. The molecule has 3 aromatic rings. The topological polar surface area (TPSA) is 50.7 Å². The number of pyridine rings is 1. The summed E-state index contributed by atoms with van der Waals surface area (Å²) in [5.41, 5.74) is -0.419. The standard InChI is InChI=1S/C13H9F2N3OS2/c1-18-11-9(12(19)17-13(18)20)6(10(14)15)5-7(16-11)8-3-2-4-21-8/h2-5,10H,1H3,(H,17,19,20). The lowest BCUT2D eigenvalue weighted by Gasteiger charge is -2.10. The van der Waals surface area contributed by atoms with Gasteiger partial charge in [0.2, 0.25) is 0 Å². The zero-order valence-corrected chi connectivity index (χ0v) is 12.4. The van der Waals surface area contributed by atoms with Gasteiger partial charge >= 0.3 is 0 Å². The highest BCUT2D eigenvalue weighted by atomic mass is 32.1. The maximum Gasteiger partial charge on any atom is 0.264 e. The monoisotopic (exact) mass is 325 g/mol. The van der Waals surface area contributed by atoms with Crippen molar-refractivity contribution in [1.29, 1.82) is 0 Å². The highest BCUT2D eigenvalue weighted by Gasteiger charge is 2.19. The van der Waals surface area contributed by atoms with Crippen LogP contribution in [0.5, 0.6) is 0 Å². The Morgan fingerprint density at radius 2 is 2.24 bits per heavy atom. The summed E-state index contributed by atoms with van der Waals surface area (Å²) in [5.74, 6) is 0. The molecule has 21 heavy (non-hydrogen) atoms. The van der Waals surface area contributed by atoms with E-state index in [0.717, 1.165) is 4.88 Å². The second-order valence-corrected chi connectivity index (χ2v) is 5.73. The van der Waals surface area contributed by atoms with E-state index in [4.69, 9.17) is 12.2 Å². The van der Waals surface area contributed by atoms with Crippen molar-refractivity contribution < 1.29 is 8.78 Å². The van der Waals surface area contributed by atoms with Gasteiger partial charge in [-0.2, -0.15) is 0 Å². The molecule has 0 amide bonds. The van der Waals surface area contributed by atoms with Crippen LogP contribution in [0.25, 0.3) is 21.6 Å². The molecule has 108 valence electrons. The lowest BCUT2D eigenvalue weighted by Crippen LogP contribution is -2.16. The van der Waals surface area contributed by atoms with Crippen LogP contribution in [0.1, 0.15) is 12.0 Å². The molecular formula is C13H9F2N3OS2. The van der Waals surface area contributed by atoms with E-state index in [-0.39, 0.29) is 21.4 Å². The largest absolute Gasteiger partial charge is 0.306 e. The van der Waals surface area contributed by atoms with Gasteiger partial charge in [-0.1, -0.05) is 6.07 Å². The van der Waals surface area contributed by atoms with Gasteiger partial charge in [-0.3, -0.25) is 9.78 Å². The highest BCUT2D eigenvalue weighted by Crippen LogP contribution is 2.31. The number of hydrogen-bond acceptors (Lipinski definition) is 4. The van der Waals surface area contributed by atoms with Crippen molar-refractivity contribution in [3.05, 3.63) is 44.3 Å². The smallest absolute Gasteiger partial charge is 0.264 e. The Bertz CT molecular complexity index is 929. The molecule has 0 spiro atoms. The van der Waals surface area contributed by atoms with Gasteiger partial charge in [-0.05, 0) is 29.7 Å². The van der Waals surface area contributed by atoms with Crippen molar-refractivity contribution in [1.82, 2.24) is 14.5 Å². The van der Waals surface area contributed by atoms with Crippen molar-refractivity contribution in [2.75, 3.05) is 0 Å². The molecule has 0 aliphatic rings. The third kappa shape index (κ3) is 2.30. The van der Waals surface area contributed by atoms with Crippen LogP contribution >= 0.6 is 23.6 Å². The van der Waals surface area contributed by atoms with E-state index in [1.54, 1.807) is 13.1 Å². The Morgan fingerprint density at radius 1 is 1.48 bits per heavy atom. The molecule has 8 heteroatoms. The minimum absolute atomic E-state index is 0.124. The molecule has 0 fully saturated rings. The molecule has 3 heterocycles. The molecule has 3 aromatic heterocycles. The number of rotatable bonds is 2. The van der Waals surface area contributed by atoms with Crippen LogP contribution in [0, 0.1) is 4.77 Å². The third-order valence-corrected chi connectivity index (χ3v) is 4.38. The summed E-state index contributed by atoms with van der Waals surface area (Å²) in [6.07, 6.45) is -2.77. The number of fused-ring (bicyclic) bond motifs is 1. The lowest BCUT2D eigenvalue weighted by molar-refractivity contribution is 0.153. The molecule has 0 radical (unpaired) electrons. The van der Waals surface area contributed by atoms with E-state index in [1.165, 1.54) is 22.0 Å². The number of nitrogens with zero attached hydrogens (tertiary/aromatic N) is 2. The second kappa shape index (κ2) is 5.12. The first-order valence-corrected chi connectivity index (χ1v) is 7.24. The minimum Gasteiger partial charge on any atom is -0.306 e. The highest BCUT2D eigenvalue weighted by molar-refractivity contribution is 7.71. The number of aryl methyl sites for hydroxylation is 1. The molecule has 4 nitrogen and oxygen atoms in total. The number of nitrogens with one attached hydrogen (secondary N) is 1. The molecule has 0 aliphatic carbocycles. The SMILES string of the molecule is Cn1c(=S)[nH]c(=O)c2c(C(F)F)cc(-c3cccs3)nc21. The van der Waals surface area contributed by atoms with Crippen LogP contribution < -0.4 is 5.56 Å². The van der Waals surface area contributed by atoms with Gasteiger partial charge in [0, 0.05) is 12.6 Å². The number of thiophene rings is 1. The van der Waals surface area contributed by atoms with E-state index in [2.05, 4.69) is 9.97 Å². The fraction of sp³-hybridized carbons (Fsp3) is 0.154. The summed E-state index contributed by atoms with van der Waals surface area (Å²) in [5, 5.41) is 1.71. The van der Waals surface area contributed by atoms with E-state index >= 15 is 0 Å². The minimum atomic E-state index is -2.77. The zero-order valence-electron chi connectivity index (χ0n) is 10.8. The van der Waals surface area contributed by atoms with Crippen LogP contribution in [0.3, 0.4) is 0 Å². The Labute approximate surface area is 126 Å². The van der Waals surface area contributed by atoms with Crippen molar-refractivity contribution >= 4 is 34.6 Å². The molecule has 0 aliphatic heterocycles. The molecule has 0 aromatic carbocycles. The van der Waals surface area contributed by atoms with Crippen molar-refractivity contribution in [3.8, 4) is 10.6 Å². The number of alkyl halides is 2. The van der Waals surface area contributed by atoms with Crippen molar-refractivity contribution in [3.63, 3.8) is 0 Å². The van der Waals surface area contributed by atoms with Crippen LogP contribution in [-0.4, -0.2) is 14.5 Å². The number of halogens is 2. The van der Waals surface area contributed by atoms with Gasteiger partial charge in [0.25, 0.3) is 12.0 Å². The Morgan fingerprint density at radius 3 is 2.86 bits per heavy atom. The fourth-order valence-electron chi connectivity index (χ4n) is 2.09. The lowest BCUT2D eigenvalue weighted by atomic mass is 10.1. The van der Waals surface area contributed by atoms with Crippen LogP contribution in [0.15, 0.2) is 28.4 Å². The molecule has 0 unspecified atom stereocenters. The van der Waals surface area contributed by atoms with E-state index in [9.17, 15) is 13.6 Å². The fourth-order valence-corrected chi connectivity index (χ4v) is 2.95. The van der Waals surface area contributed by atoms with E-state index in [0.29, 0.717) is 5.69 Å². The molecule has 0 saturated carbocycles. The Kier molecular flexibility index (Phi) is 3.42. The normalized spacial score (nSPS) is 11.4. The summed E-state index contributed by atoms with van der Waals surface area (Å²) in [4.78, 5) is 19.4. The Hall–Kier alpha value is -1.93. The van der Waals surface area contributed by atoms with Gasteiger partial charge in [-0.25, -0.2) is 13.8 Å². The average Bonchev–Trinajstić information content (AvgIpc) is 2.97. The molecule has 0 saturated heterocycles. The zero-order chi connectivity index (χ0) is 15.1. The maximum atomic E-state index is 13.3. The third-order valence-electron chi connectivity index (χ3n) is 3.11. The van der Waals surface area contributed by atoms with Gasteiger partial charge < -0.3 is 4.57 Å². The summed E-state index contributed by atoms with van der Waals surface area (Å²) in [6, 6.07) is 4.86. The first kappa shape index (κ1) is 14.0. The van der Waals surface area contributed by atoms with E-state index < -0.39 is 12.0 Å². The predicted molar refractivity (Wildman–Crippen MR) is 80.4 cm³/mol. The Balaban J connectivity index is 2.49. The van der Waals surface area contributed by atoms with Gasteiger partial charge in [0.1, 0.15) is 5.65 Å². The van der Waals surface area contributed by atoms with Gasteiger partial charge in [-0.15, -0.1) is 11.3 Å². The van der Waals surface area contributed by atoms with Crippen LogP contribution in [0.4, 0.5) is 8.78 Å². The number of aromatic nitrogens is 3. The number of hydrogen-bond donors (Lipinski definition) is 1. The maximum absolute atomic E-state index is 13.3. The van der Waals surface area contributed by atoms with Crippen molar-refractivity contribution in [2.45, 2.75) is 6.43 Å².